The van der Waals surface area contributed by atoms with Crippen molar-refractivity contribution >= 4 is 87.6 Å². The Kier molecular flexibility index (Phi) is 10.1. The summed E-state index contributed by atoms with van der Waals surface area (Å²) in [6.07, 6.45) is -0.819. The molecule has 0 aliphatic heterocycles. The molecule has 0 fully saturated rings. The van der Waals surface area contributed by atoms with Gasteiger partial charge in [-0.25, -0.2) is 9.59 Å². The summed E-state index contributed by atoms with van der Waals surface area (Å²) in [6, 6.07) is 0. The van der Waals surface area contributed by atoms with E-state index < -0.39 is 60.8 Å². The molecular formula is C20H20Br4O8. The zero-order chi connectivity index (χ0) is 25.0. The summed E-state index contributed by atoms with van der Waals surface area (Å²) in [7, 11) is 0. The number of rotatable bonds is 10. The number of esters is 2. The molecule has 0 bridgehead atoms. The maximum absolute atomic E-state index is 12.7. The quantitative estimate of drug-likeness (QED) is 0.236. The smallest absolute Gasteiger partial charge is 0.333 e. The van der Waals surface area contributed by atoms with Crippen molar-refractivity contribution in [3.8, 4) is 0 Å². The van der Waals surface area contributed by atoms with Gasteiger partial charge in [0.2, 0.25) is 0 Å². The second-order valence-corrected chi connectivity index (χ2v) is 10.2. The Morgan fingerprint density at radius 1 is 0.750 bits per heavy atom. The number of hydrogen-bond donors (Lipinski definition) is 2. The molecule has 176 valence electrons. The number of allylic oxidation sites excluding steroid dienone is 2. The number of aliphatic carboxylic acids is 2. The van der Waals surface area contributed by atoms with Gasteiger partial charge in [0, 0.05) is 41.9 Å². The fraction of sp³-hybridized carbons (Fsp3) is 0.400. The molecule has 0 aromatic heterocycles. The average molecular weight is 708 g/mol. The molecule has 0 saturated carbocycles. The predicted molar refractivity (Wildman–Crippen MR) is 131 cm³/mol. The zero-order valence-corrected chi connectivity index (χ0v) is 23.4. The number of carbonyl (C=O) groups excluding carboxylic acids is 2. The molecule has 2 N–H and O–H groups in total. The van der Waals surface area contributed by atoms with Gasteiger partial charge >= 0.3 is 23.9 Å². The number of ether oxygens (including phenoxy) is 2. The summed E-state index contributed by atoms with van der Waals surface area (Å²) >= 11 is 13.1. The van der Waals surface area contributed by atoms with Crippen LogP contribution in [-0.2, 0) is 28.7 Å². The first-order chi connectivity index (χ1) is 14.7. The van der Waals surface area contributed by atoms with Crippen molar-refractivity contribution < 1.29 is 38.9 Å². The van der Waals surface area contributed by atoms with Gasteiger partial charge in [-0.15, -0.1) is 0 Å². The third-order valence-corrected chi connectivity index (χ3v) is 10.2. The molecule has 8 nitrogen and oxygen atoms in total. The average Bonchev–Trinajstić information content (AvgIpc) is 2.70. The minimum absolute atomic E-state index is 0.00702. The number of carboxylic acid groups (broad SMARTS) is 2. The number of hydrogen-bond acceptors (Lipinski definition) is 6. The lowest BCUT2D eigenvalue weighted by Crippen LogP contribution is -2.56. The molecule has 1 aliphatic carbocycles. The molecule has 0 heterocycles. The van der Waals surface area contributed by atoms with E-state index in [-0.39, 0.29) is 29.1 Å². The monoisotopic (exact) mass is 704 g/mol. The molecule has 2 unspecified atom stereocenters. The van der Waals surface area contributed by atoms with E-state index in [9.17, 15) is 29.4 Å². The standard InChI is InChI=1S/C20H20Br4O8/c1-9(2)15(25)31-7-5-19(17(27)28)13(23)11(21)12(22)14(24)20(19,18(29)30)6-8-32-16(26)10(3)4/h1,3,5-8H2,2,4H3,(H,27,28)(H,29,30). The minimum atomic E-state index is -2.14. The van der Waals surface area contributed by atoms with Gasteiger partial charge in [0.05, 0.1) is 13.2 Å². The molecule has 1 aliphatic rings. The van der Waals surface area contributed by atoms with Crippen LogP contribution in [0.2, 0.25) is 0 Å². The Hall–Kier alpha value is -1.24. The lowest BCUT2D eigenvalue weighted by Gasteiger charge is -2.48. The summed E-state index contributed by atoms with van der Waals surface area (Å²) in [5, 5.41) is 20.7. The van der Waals surface area contributed by atoms with Crippen LogP contribution < -0.4 is 0 Å². The Bertz CT molecular complexity index is 875. The lowest BCUT2D eigenvalue weighted by molar-refractivity contribution is -0.170. The van der Waals surface area contributed by atoms with Gasteiger partial charge in [0.1, 0.15) is 10.8 Å². The maximum Gasteiger partial charge on any atom is 0.333 e. The Labute approximate surface area is 218 Å². The van der Waals surface area contributed by atoms with Crippen LogP contribution >= 0.6 is 63.7 Å². The first-order valence-corrected chi connectivity index (χ1v) is 12.1. The van der Waals surface area contributed by atoms with Gasteiger partial charge < -0.3 is 19.7 Å². The molecule has 0 aromatic carbocycles. The fourth-order valence-electron chi connectivity index (χ4n) is 3.20. The van der Waals surface area contributed by atoms with Crippen LogP contribution in [0, 0.1) is 10.8 Å². The first kappa shape index (κ1) is 28.8. The Morgan fingerprint density at radius 3 is 1.25 bits per heavy atom. The molecule has 0 aromatic rings. The highest BCUT2D eigenvalue weighted by Gasteiger charge is 2.67. The van der Waals surface area contributed by atoms with Crippen molar-refractivity contribution in [3.63, 3.8) is 0 Å². The predicted octanol–water partition coefficient (Wildman–Crippen LogP) is 5.16. The fourth-order valence-corrected chi connectivity index (χ4v) is 6.61. The van der Waals surface area contributed by atoms with Crippen LogP contribution in [0.3, 0.4) is 0 Å². The van der Waals surface area contributed by atoms with E-state index in [1.54, 1.807) is 0 Å². The van der Waals surface area contributed by atoms with E-state index in [0.29, 0.717) is 0 Å². The summed E-state index contributed by atoms with van der Waals surface area (Å²) in [6.45, 7) is 8.96. The van der Waals surface area contributed by atoms with Crippen molar-refractivity contribution in [2.24, 2.45) is 10.8 Å². The number of halogens is 4. The molecule has 32 heavy (non-hydrogen) atoms. The summed E-state index contributed by atoms with van der Waals surface area (Å²) in [5.41, 5.74) is -4.07. The van der Waals surface area contributed by atoms with Gasteiger partial charge in [0.15, 0.2) is 0 Å². The highest BCUT2D eigenvalue weighted by molar-refractivity contribution is 9.17. The van der Waals surface area contributed by atoms with Crippen LogP contribution in [0.15, 0.2) is 42.2 Å². The van der Waals surface area contributed by atoms with Gasteiger partial charge in [-0.3, -0.25) is 9.59 Å². The van der Waals surface area contributed by atoms with Gasteiger partial charge in [-0.1, -0.05) is 45.0 Å². The van der Waals surface area contributed by atoms with Crippen molar-refractivity contribution in [3.05, 3.63) is 42.2 Å². The molecule has 0 spiro atoms. The molecule has 12 heteroatoms. The third kappa shape index (κ3) is 5.13. The van der Waals surface area contributed by atoms with Gasteiger partial charge in [-0.2, -0.15) is 0 Å². The Morgan fingerprint density at radius 2 is 1.03 bits per heavy atom. The van der Waals surface area contributed by atoms with Crippen LogP contribution in [0.25, 0.3) is 0 Å². The van der Waals surface area contributed by atoms with E-state index in [4.69, 9.17) is 9.47 Å². The van der Waals surface area contributed by atoms with Crippen LogP contribution in [0.1, 0.15) is 26.7 Å². The molecular weight excluding hydrogens is 688 g/mol. The molecule has 2 atom stereocenters. The van der Waals surface area contributed by atoms with Crippen molar-refractivity contribution in [1.82, 2.24) is 0 Å². The van der Waals surface area contributed by atoms with E-state index in [2.05, 4.69) is 76.9 Å². The number of carboxylic acids is 2. The van der Waals surface area contributed by atoms with Gasteiger partial charge in [-0.05, 0) is 45.7 Å². The third-order valence-electron chi connectivity index (χ3n) is 4.90. The largest absolute Gasteiger partial charge is 0.481 e. The topological polar surface area (TPSA) is 127 Å². The highest BCUT2D eigenvalue weighted by atomic mass is 79.9. The highest BCUT2D eigenvalue weighted by Crippen LogP contribution is 2.64. The summed E-state index contributed by atoms with van der Waals surface area (Å²) in [4.78, 5) is 49.1. The molecule has 0 radical (unpaired) electrons. The van der Waals surface area contributed by atoms with Crippen LogP contribution in [0.5, 0.6) is 0 Å². The van der Waals surface area contributed by atoms with Crippen molar-refractivity contribution in [2.75, 3.05) is 13.2 Å². The second-order valence-electron chi connectivity index (χ2n) is 7.01. The van der Waals surface area contributed by atoms with Crippen LogP contribution in [-0.4, -0.2) is 47.3 Å². The van der Waals surface area contributed by atoms with E-state index in [0.717, 1.165) is 0 Å². The minimum Gasteiger partial charge on any atom is -0.481 e. The molecule has 1 rings (SSSR count). The van der Waals surface area contributed by atoms with E-state index >= 15 is 0 Å². The zero-order valence-electron chi connectivity index (χ0n) is 17.1. The normalized spacial score (nSPS) is 22.9. The van der Waals surface area contributed by atoms with Gasteiger partial charge in [0.25, 0.3) is 0 Å². The Balaban J connectivity index is 3.65. The van der Waals surface area contributed by atoms with Crippen LogP contribution in [0.4, 0.5) is 0 Å². The lowest BCUT2D eigenvalue weighted by atomic mass is 9.58. The number of carbonyl (C=O) groups is 4. The molecule has 0 saturated heterocycles. The second kappa shape index (κ2) is 11.3. The van der Waals surface area contributed by atoms with E-state index in [1.165, 1.54) is 13.8 Å². The summed E-state index contributed by atoms with van der Waals surface area (Å²) < 4.78 is 10.7. The maximum atomic E-state index is 12.7. The summed E-state index contributed by atoms with van der Waals surface area (Å²) in [5.74, 6) is -4.46. The molecule has 0 amide bonds. The van der Waals surface area contributed by atoms with E-state index in [1.807, 2.05) is 0 Å². The first-order valence-electron chi connectivity index (χ1n) is 8.92. The van der Waals surface area contributed by atoms with Crippen molar-refractivity contribution in [1.29, 1.82) is 0 Å². The SMILES string of the molecule is C=C(C)C(=O)OCCC1(C(=O)O)C(Br)=C(Br)C(Br)=C(Br)C1(CCOC(=O)C(=C)C)C(=O)O. The van der Waals surface area contributed by atoms with Crippen molar-refractivity contribution in [2.45, 2.75) is 26.7 Å².